The topological polar surface area (TPSA) is 56.0 Å². The van der Waals surface area contributed by atoms with Gasteiger partial charge in [0.15, 0.2) is 0 Å². The molecule has 0 radical (unpaired) electrons. The van der Waals surface area contributed by atoms with Gasteiger partial charge in [0, 0.05) is 15.7 Å². The van der Waals surface area contributed by atoms with E-state index in [1.807, 2.05) is 12.1 Å². The first-order chi connectivity index (χ1) is 8.58. The lowest BCUT2D eigenvalue weighted by Gasteiger charge is -2.06. The molecule has 94 valence electrons. The van der Waals surface area contributed by atoms with Crippen molar-refractivity contribution in [2.45, 2.75) is 10.8 Å². The zero-order valence-corrected chi connectivity index (χ0v) is 12.4. The van der Waals surface area contributed by atoms with Gasteiger partial charge in [-0.25, -0.2) is 4.98 Å². The van der Waals surface area contributed by atoms with Gasteiger partial charge in [-0.1, -0.05) is 33.6 Å². The highest BCUT2D eigenvalue weighted by Crippen LogP contribution is 2.24. The molecule has 1 unspecified atom stereocenters. The van der Waals surface area contributed by atoms with Crippen molar-refractivity contribution in [3.8, 4) is 0 Å². The van der Waals surface area contributed by atoms with E-state index in [1.54, 1.807) is 24.4 Å². The Kier molecular flexibility index (Phi) is 4.37. The fourth-order valence-corrected chi connectivity index (χ4v) is 3.44. The van der Waals surface area contributed by atoms with E-state index < -0.39 is 10.8 Å². The second-order valence-corrected chi connectivity index (χ2v) is 6.31. The Morgan fingerprint density at radius 2 is 2.17 bits per heavy atom. The van der Waals surface area contributed by atoms with Crippen LogP contribution in [0.1, 0.15) is 5.56 Å². The summed E-state index contributed by atoms with van der Waals surface area (Å²) in [5.41, 5.74) is 6.98. The van der Waals surface area contributed by atoms with Crippen molar-refractivity contribution in [3.63, 3.8) is 0 Å². The molecule has 0 fully saturated rings. The van der Waals surface area contributed by atoms with Crippen molar-refractivity contribution in [1.82, 2.24) is 4.98 Å². The number of rotatable bonds is 3. The first-order valence-electron chi connectivity index (χ1n) is 5.10. The van der Waals surface area contributed by atoms with Gasteiger partial charge in [-0.05, 0) is 29.8 Å². The minimum absolute atomic E-state index is 0.299. The maximum Gasteiger partial charge on any atom is 0.150 e. The van der Waals surface area contributed by atoms with Gasteiger partial charge in [-0.15, -0.1) is 0 Å². The van der Waals surface area contributed by atoms with E-state index in [4.69, 9.17) is 17.3 Å². The smallest absolute Gasteiger partial charge is 0.150 e. The summed E-state index contributed by atoms with van der Waals surface area (Å²) >= 11 is 9.41. The van der Waals surface area contributed by atoms with Crippen LogP contribution in [0.15, 0.2) is 46.0 Å². The lowest BCUT2D eigenvalue weighted by Crippen LogP contribution is -2.03. The molecule has 3 nitrogen and oxygen atoms in total. The normalized spacial score (nSPS) is 12.3. The quantitative estimate of drug-likeness (QED) is 0.927. The van der Waals surface area contributed by atoms with E-state index in [1.165, 1.54) is 0 Å². The molecule has 0 aliphatic rings. The zero-order chi connectivity index (χ0) is 13.1. The number of anilines is 1. The Balaban J connectivity index is 2.24. The summed E-state index contributed by atoms with van der Waals surface area (Å²) in [4.78, 5) is 4.04. The van der Waals surface area contributed by atoms with Crippen LogP contribution in [0.4, 0.5) is 5.69 Å². The number of nitrogens with two attached hydrogens (primary N) is 1. The van der Waals surface area contributed by atoms with E-state index in [2.05, 4.69) is 20.9 Å². The van der Waals surface area contributed by atoms with Crippen molar-refractivity contribution >= 4 is 44.0 Å². The molecular weight excluding hydrogens is 336 g/mol. The minimum atomic E-state index is -1.30. The molecule has 18 heavy (non-hydrogen) atoms. The van der Waals surface area contributed by atoms with Crippen molar-refractivity contribution in [3.05, 3.63) is 51.6 Å². The maximum atomic E-state index is 12.2. The van der Waals surface area contributed by atoms with Crippen LogP contribution in [-0.2, 0) is 16.6 Å². The molecule has 0 aliphatic heterocycles. The summed E-state index contributed by atoms with van der Waals surface area (Å²) in [5.74, 6) is 0.299. The van der Waals surface area contributed by atoms with Gasteiger partial charge in [0.05, 0.1) is 22.2 Å². The van der Waals surface area contributed by atoms with Gasteiger partial charge in [0.2, 0.25) is 0 Å². The first-order valence-corrected chi connectivity index (χ1v) is 7.59. The summed E-state index contributed by atoms with van der Waals surface area (Å²) < 4.78 is 13.1. The van der Waals surface area contributed by atoms with Crippen LogP contribution in [0.3, 0.4) is 0 Å². The predicted octanol–water partition coefficient (Wildman–Crippen LogP) is 3.39. The van der Waals surface area contributed by atoms with Crippen LogP contribution in [0.25, 0.3) is 0 Å². The summed E-state index contributed by atoms with van der Waals surface area (Å²) in [7, 11) is -1.30. The molecule has 0 saturated heterocycles. The maximum absolute atomic E-state index is 12.2. The molecular formula is C12H10BrClN2OS. The SMILES string of the molecule is Nc1cccnc1S(=O)Cc1ccc(Br)cc1Cl. The van der Waals surface area contributed by atoms with Crippen LogP contribution in [0.5, 0.6) is 0 Å². The van der Waals surface area contributed by atoms with E-state index in [0.717, 1.165) is 10.0 Å². The lowest BCUT2D eigenvalue weighted by atomic mass is 10.2. The molecule has 2 N–H and O–H groups in total. The Bertz CT molecular complexity index is 606. The van der Waals surface area contributed by atoms with Crippen molar-refractivity contribution in [2.75, 3.05) is 5.73 Å². The Hall–Kier alpha value is -0.910. The number of pyridine rings is 1. The molecule has 1 aromatic heterocycles. The molecule has 0 bridgehead atoms. The van der Waals surface area contributed by atoms with Crippen LogP contribution < -0.4 is 5.73 Å². The molecule has 1 aromatic carbocycles. The molecule has 0 spiro atoms. The highest BCUT2D eigenvalue weighted by Gasteiger charge is 2.12. The summed E-state index contributed by atoms with van der Waals surface area (Å²) in [6.07, 6.45) is 1.58. The highest BCUT2D eigenvalue weighted by atomic mass is 79.9. The largest absolute Gasteiger partial charge is 0.396 e. The van der Waals surface area contributed by atoms with Crippen molar-refractivity contribution in [1.29, 1.82) is 0 Å². The second kappa shape index (κ2) is 5.82. The number of benzene rings is 1. The predicted molar refractivity (Wildman–Crippen MR) is 77.9 cm³/mol. The first kappa shape index (κ1) is 13.5. The molecule has 2 aromatic rings. The molecule has 1 atom stereocenters. The number of nitrogen functional groups attached to an aromatic ring is 1. The standard InChI is InChI=1S/C12H10BrClN2OS/c13-9-4-3-8(10(14)6-9)7-18(17)12-11(15)2-1-5-16-12/h1-6H,7,15H2. The second-order valence-electron chi connectivity index (χ2n) is 3.62. The van der Waals surface area contributed by atoms with Crippen LogP contribution >= 0.6 is 27.5 Å². The van der Waals surface area contributed by atoms with E-state index >= 15 is 0 Å². The van der Waals surface area contributed by atoms with Gasteiger partial charge in [0.1, 0.15) is 5.03 Å². The van der Waals surface area contributed by atoms with Crippen LogP contribution in [0, 0.1) is 0 Å². The third kappa shape index (κ3) is 3.10. The number of hydrogen-bond donors (Lipinski definition) is 1. The molecule has 1 heterocycles. The number of hydrogen-bond acceptors (Lipinski definition) is 3. The molecule has 0 aliphatic carbocycles. The fraction of sp³-hybridized carbons (Fsp3) is 0.0833. The summed E-state index contributed by atoms with van der Waals surface area (Å²) in [6.45, 7) is 0. The monoisotopic (exact) mass is 344 g/mol. The lowest BCUT2D eigenvalue weighted by molar-refractivity contribution is 0.680. The van der Waals surface area contributed by atoms with E-state index in [9.17, 15) is 4.21 Å². The number of halogens is 2. The number of aromatic nitrogens is 1. The third-order valence-corrected chi connectivity index (χ3v) is 4.51. The highest BCUT2D eigenvalue weighted by molar-refractivity contribution is 9.10. The van der Waals surface area contributed by atoms with Gasteiger partial charge in [0.25, 0.3) is 0 Å². The van der Waals surface area contributed by atoms with Crippen molar-refractivity contribution in [2.24, 2.45) is 0 Å². The van der Waals surface area contributed by atoms with Gasteiger partial charge >= 0.3 is 0 Å². The molecule has 0 amide bonds. The van der Waals surface area contributed by atoms with Crippen LogP contribution in [0.2, 0.25) is 5.02 Å². The van der Waals surface area contributed by atoms with E-state index in [-0.39, 0.29) is 0 Å². The Labute approximate surface area is 121 Å². The minimum Gasteiger partial charge on any atom is -0.396 e. The average Bonchev–Trinajstić information content (AvgIpc) is 2.33. The Morgan fingerprint density at radius 1 is 1.39 bits per heavy atom. The van der Waals surface area contributed by atoms with Gasteiger partial charge in [-0.2, -0.15) is 0 Å². The Morgan fingerprint density at radius 3 is 2.83 bits per heavy atom. The summed E-state index contributed by atoms with van der Waals surface area (Å²) in [5, 5.41) is 0.976. The molecule has 2 rings (SSSR count). The fourth-order valence-electron chi connectivity index (χ4n) is 1.44. The van der Waals surface area contributed by atoms with Gasteiger partial charge in [-0.3, -0.25) is 4.21 Å². The number of nitrogens with zero attached hydrogens (tertiary/aromatic N) is 1. The van der Waals surface area contributed by atoms with E-state index in [0.29, 0.717) is 21.5 Å². The average molecular weight is 346 g/mol. The van der Waals surface area contributed by atoms with Crippen LogP contribution in [-0.4, -0.2) is 9.19 Å². The molecule has 6 heteroatoms. The third-order valence-electron chi connectivity index (χ3n) is 2.32. The van der Waals surface area contributed by atoms with Gasteiger partial charge < -0.3 is 5.73 Å². The zero-order valence-electron chi connectivity index (χ0n) is 9.27. The summed E-state index contributed by atoms with van der Waals surface area (Å²) in [6, 6.07) is 8.87. The molecule has 0 saturated carbocycles. The van der Waals surface area contributed by atoms with Crippen molar-refractivity contribution < 1.29 is 4.21 Å².